The van der Waals surface area contributed by atoms with Gasteiger partial charge in [-0.1, -0.05) is 13.8 Å². The van der Waals surface area contributed by atoms with E-state index in [2.05, 4.69) is 0 Å². The van der Waals surface area contributed by atoms with Crippen molar-refractivity contribution in [3.63, 3.8) is 0 Å². The lowest BCUT2D eigenvalue weighted by Crippen LogP contribution is -2.08. The van der Waals surface area contributed by atoms with Crippen molar-refractivity contribution in [2.45, 2.75) is 26.7 Å². The third-order valence-corrected chi connectivity index (χ3v) is 2.21. The van der Waals surface area contributed by atoms with Gasteiger partial charge in [0.25, 0.3) is 0 Å². The number of hydrogen-bond donors (Lipinski definition) is 0. The van der Waals surface area contributed by atoms with E-state index in [1.54, 1.807) is 6.92 Å². The topological polar surface area (TPSA) is 0 Å². The molecule has 0 heterocycles. The van der Waals surface area contributed by atoms with E-state index in [1.165, 1.54) is 0 Å². The maximum Gasteiger partial charge on any atom is 0.244 e. The van der Waals surface area contributed by atoms with Crippen molar-refractivity contribution in [3.8, 4) is 0 Å². The first kappa shape index (κ1) is 5.99. The van der Waals surface area contributed by atoms with Gasteiger partial charge in [-0.25, -0.2) is 8.78 Å². The maximum absolute atomic E-state index is 11.9. The molecule has 0 spiro atoms. The van der Waals surface area contributed by atoms with Gasteiger partial charge in [0.15, 0.2) is 0 Å². The minimum Gasteiger partial charge on any atom is -0.210 e. The summed E-state index contributed by atoms with van der Waals surface area (Å²) in [6.45, 7) is 3.51. The first-order chi connectivity index (χ1) is 3.57. The standard InChI is InChI=1S/C6H10F2/c1-4-3-6(4,2)5(7)8/h4-5H,3H2,1-2H3/t4?,6-/m0/s1. The Labute approximate surface area is 47.9 Å². The molecule has 0 nitrogen and oxygen atoms in total. The molecule has 1 aliphatic rings. The molecule has 1 fully saturated rings. The average Bonchev–Trinajstić information content (AvgIpc) is 2.17. The fourth-order valence-electron chi connectivity index (χ4n) is 0.905. The quantitative estimate of drug-likeness (QED) is 0.498. The molecular weight excluding hydrogens is 110 g/mol. The summed E-state index contributed by atoms with van der Waals surface area (Å²) in [5.41, 5.74) is -0.625. The van der Waals surface area contributed by atoms with Gasteiger partial charge in [0.05, 0.1) is 0 Å². The van der Waals surface area contributed by atoms with Crippen LogP contribution in [0.2, 0.25) is 0 Å². The van der Waals surface area contributed by atoms with E-state index < -0.39 is 11.8 Å². The van der Waals surface area contributed by atoms with Gasteiger partial charge >= 0.3 is 0 Å². The molecular formula is C6H10F2. The van der Waals surface area contributed by atoms with Crippen molar-refractivity contribution in [2.75, 3.05) is 0 Å². The van der Waals surface area contributed by atoms with Crippen molar-refractivity contribution in [3.05, 3.63) is 0 Å². The molecule has 0 radical (unpaired) electrons. The molecule has 1 unspecified atom stereocenters. The molecule has 0 aromatic heterocycles. The first-order valence-electron chi connectivity index (χ1n) is 2.85. The smallest absolute Gasteiger partial charge is 0.210 e. The highest BCUT2D eigenvalue weighted by Gasteiger charge is 2.53. The molecule has 0 bridgehead atoms. The summed E-state index contributed by atoms with van der Waals surface area (Å²) in [7, 11) is 0. The van der Waals surface area contributed by atoms with Gasteiger partial charge in [0.2, 0.25) is 6.43 Å². The molecule has 0 saturated heterocycles. The van der Waals surface area contributed by atoms with Gasteiger partial charge in [0.1, 0.15) is 0 Å². The van der Waals surface area contributed by atoms with Crippen LogP contribution in [-0.4, -0.2) is 6.43 Å². The second-order valence-electron chi connectivity index (χ2n) is 2.91. The molecule has 1 rings (SSSR count). The summed E-state index contributed by atoms with van der Waals surface area (Å²) in [6, 6.07) is 0. The SMILES string of the molecule is CC1C[C@]1(C)C(F)F. The molecule has 0 aliphatic heterocycles. The lowest BCUT2D eigenvalue weighted by molar-refractivity contribution is 0.0640. The van der Waals surface area contributed by atoms with Crippen LogP contribution in [0.1, 0.15) is 20.3 Å². The molecule has 0 aromatic carbocycles. The van der Waals surface area contributed by atoms with Gasteiger partial charge in [-0.3, -0.25) is 0 Å². The summed E-state index contributed by atoms with van der Waals surface area (Å²) < 4.78 is 23.7. The highest BCUT2D eigenvalue weighted by molar-refractivity contribution is 4.97. The fraction of sp³-hybridized carbons (Fsp3) is 1.00. The third kappa shape index (κ3) is 0.627. The number of halogens is 2. The average molecular weight is 120 g/mol. The van der Waals surface area contributed by atoms with Crippen molar-refractivity contribution < 1.29 is 8.78 Å². The lowest BCUT2D eigenvalue weighted by Gasteiger charge is -2.05. The van der Waals surface area contributed by atoms with E-state index in [0.29, 0.717) is 6.42 Å². The summed E-state index contributed by atoms with van der Waals surface area (Å²) in [5.74, 6) is 0.238. The Bertz CT molecular complexity index is 101. The minimum absolute atomic E-state index is 0.238. The minimum atomic E-state index is -2.11. The highest BCUT2D eigenvalue weighted by atomic mass is 19.3. The number of hydrogen-bond acceptors (Lipinski definition) is 0. The van der Waals surface area contributed by atoms with Crippen LogP contribution in [0.5, 0.6) is 0 Å². The summed E-state index contributed by atoms with van der Waals surface area (Å²) in [5, 5.41) is 0. The second kappa shape index (κ2) is 1.42. The van der Waals surface area contributed by atoms with Gasteiger partial charge in [0, 0.05) is 5.41 Å². The lowest BCUT2D eigenvalue weighted by atomic mass is 10.1. The van der Waals surface area contributed by atoms with Gasteiger partial charge < -0.3 is 0 Å². The van der Waals surface area contributed by atoms with Crippen LogP contribution in [0.3, 0.4) is 0 Å². The summed E-state index contributed by atoms with van der Waals surface area (Å²) in [4.78, 5) is 0. The van der Waals surface area contributed by atoms with Crippen LogP contribution in [0, 0.1) is 11.3 Å². The van der Waals surface area contributed by atoms with E-state index in [0.717, 1.165) is 0 Å². The zero-order valence-electron chi connectivity index (χ0n) is 5.12. The summed E-state index contributed by atoms with van der Waals surface area (Å²) >= 11 is 0. The largest absolute Gasteiger partial charge is 0.244 e. The van der Waals surface area contributed by atoms with Crippen molar-refractivity contribution in [2.24, 2.45) is 11.3 Å². The molecule has 1 saturated carbocycles. The van der Waals surface area contributed by atoms with Crippen LogP contribution in [0.15, 0.2) is 0 Å². The molecule has 0 amide bonds. The summed E-state index contributed by atoms with van der Waals surface area (Å²) in [6.07, 6.45) is -1.41. The number of rotatable bonds is 1. The Morgan fingerprint density at radius 3 is 2.00 bits per heavy atom. The molecule has 8 heavy (non-hydrogen) atoms. The van der Waals surface area contributed by atoms with E-state index >= 15 is 0 Å². The van der Waals surface area contributed by atoms with E-state index in [4.69, 9.17) is 0 Å². The zero-order valence-corrected chi connectivity index (χ0v) is 5.12. The van der Waals surface area contributed by atoms with Crippen molar-refractivity contribution in [1.82, 2.24) is 0 Å². The Hall–Kier alpha value is -0.140. The molecule has 0 aromatic rings. The third-order valence-electron chi connectivity index (χ3n) is 2.21. The molecule has 48 valence electrons. The van der Waals surface area contributed by atoms with Crippen molar-refractivity contribution in [1.29, 1.82) is 0 Å². The predicted octanol–water partition coefficient (Wildman–Crippen LogP) is 2.30. The molecule has 2 atom stereocenters. The van der Waals surface area contributed by atoms with Crippen LogP contribution in [0.25, 0.3) is 0 Å². The fourth-order valence-corrected chi connectivity index (χ4v) is 0.905. The Morgan fingerprint density at radius 1 is 1.62 bits per heavy atom. The Morgan fingerprint density at radius 2 is 2.00 bits per heavy atom. The predicted molar refractivity (Wildman–Crippen MR) is 27.9 cm³/mol. The highest BCUT2D eigenvalue weighted by Crippen LogP contribution is 2.55. The van der Waals surface area contributed by atoms with Gasteiger partial charge in [-0.2, -0.15) is 0 Å². The maximum atomic E-state index is 11.9. The zero-order chi connectivity index (χ0) is 6.36. The van der Waals surface area contributed by atoms with E-state index in [9.17, 15) is 8.78 Å². The monoisotopic (exact) mass is 120 g/mol. The first-order valence-corrected chi connectivity index (χ1v) is 2.85. The van der Waals surface area contributed by atoms with Crippen LogP contribution in [-0.2, 0) is 0 Å². The molecule has 0 N–H and O–H groups in total. The second-order valence-corrected chi connectivity index (χ2v) is 2.91. The van der Waals surface area contributed by atoms with Gasteiger partial charge in [-0.15, -0.1) is 0 Å². The van der Waals surface area contributed by atoms with Crippen LogP contribution in [0.4, 0.5) is 8.78 Å². The Balaban J connectivity index is 2.47. The van der Waals surface area contributed by atoms with Crippen LogP contribution < -0.4 is 0 Å². The molecule has 2 heteroatoms. The van der Waals surface area contributed by atoms with Gasteiger partial charge in [-0.05, 0) is 12.3 Å². The van der Waals surface area contributed by atoms with Crippen molar-refractivity contribution >= 4 is 0 Å². The van der Waals surface area contributed by atoms with Crippen LogP contribution >= 0.6 is 0 Å². The van der Waals surface area contributed by atoms with E-state index in [1.807, 2.05) is 6.92 Å². The Kier molecular flexibility index (Phi) is 1.07. The van der Waals surface area contributed by atoms with E-state index in [-0.39, 0.29) is 5.92 Å². The normalized spacial score (nSPS) is 45.4. The molecule has 1 aliphatic carbocycles. The number of alkyl halides is 2.